The molecule has 0 unspecified atom stereocenters. The van der Waals surface area contributed by atoms with Crippen molar-refractivity contribution in [1.29, 1.82) is 0 Å². The molecule has 1 saturated heterocycles. The molecule has 39 heavy (non-hydrogen) atoms. The molecule has 1 amide bonds. The van der Waals surface area contributed by atoms with Crippen LogP contribution in [0.4, 0.5) is 0 Å². The van der Waals surface area contributed by atoms with Crippen molar-refractivity contribution in [3.63, 3.8) is 0 Å². The van der Waals surface area contributed by atoms with Gasteiger partial charge in [-0.1, -0.05) is 42.5 Å². The third-order valence-corrected chi connectivity index (χ3v) is 7.87. The van der Waals surface area contributed by atoms with E-state index in [1.54, 1.807) is 19.2 Å². The standard InChI is InChI=1S/C32H38N4O3/c1-23-10-11-26(18-24(23)2)29-20-30(28-19-27(38-3)12-13-31(28)39-4)36(33-29)32(37)22-35-16-14-34(15-17-35)21-25-8-6-5-7-9-25/h5-13,18-19,30H,14-17,20-22H2,1-4H3/t30-/m1/s1. The molecule has 0 aliphatic carbocycles. The molecule has 7 heteroatoms. The minimum atomic E-state index is -0.265. The average Bonchev–Trinajstić information content (AvgIpc) is 3.41. The number of ether oxygens (including phenoxy) is 2. The summed E-state index contributed by atoms with van der Waals surface area (Å²) in [5, 5.41) is 6.60. The lowest BCUT2D eigenvalue weighted by molar-refractivity contribution is -0.134. The highest BCUT2D eigenvalue weighted by atomic mass is 16.5. The molecule has 0 saturated carbocycles. The number of amides is 1. The molecule has 2 aliphatic rings. The maximum absolute atomic E-state index is 13.8. The van der Waals surface area contributed by atoms with Crippen molar-refractivity contribution in [1.82, 2.24) is 14.8 Å². The summed E-state index contributed by atoms with van der Waals surface area (Å²) >= 11 is 0. The minimum absolute atomic E-state index is 0.000200. The molecule has 2 aliphatic heterocycles. The highest BCUT2D eigenvalue weighted by Crippen LogP contribution is 2.39. The molecule has 0 radical (unpaired) electrons. The fourth-order valence-electron chi connectivity index (χ4n) is 5.39. The first-order chi connectivity index (χ1) is 18.9. The summed E-state index contributed by atoms with van der Waals surface area (Å²) in [6.45, 7) is 9.08. The number of hydrazone groups is 1. The summed E-state index contributed by atoms with van der Waals surface area (Å²) in [7, 11) is 3.31. The van der Waals surface area contributed by atoms with Crippen LogP contribution in [0.15, 0.2) is 71.8 Å². The molecular weight excluding hydrogens is 488 g/mol. The van der Waals surface area contributed by atoms with Gasteiger partial charge in [0.1, 0.15) is 11.5 Å². The Hall–Kier alpha value is -3.68. The zero-order valence-corrected chi connectivity index (χ0v) is 23.4. The number of hydrogen-bond donors (Lipinski definition) is 0. The van der Waals surface area contributed by atoms with E-state index in [1.807, 2.05) is 24.3 Å². The summed E-state index contributed by atoms with van der Waals surface area (Å²) in [4.78, 5) is 18.5. The molecule has 3 aromatic carbocycles. The molecule has 0 N–H and O–H groups in total. The lowest BCUT2D eigenvalue weighted by atomic mass is 9.95. The lowest BCUT2D eigenvalue weighted by Crippen LogP contribution is -2.49. The van der Waals surface area contributed by atoms with Gasteiger partial charge in [-0.15, -0.1) is 0 Å². The van der Waals surface area contributed by atoms with Gasteiger partial charge in [0.05, 0.1) is 32.5 Å². The number of rotatable bonds is 8. The van der Waals surface area contributed by atoms with Crippen molar-refractivity contribution in [3.05, 3.63) is 94.5 Å². The van der Waals surface area contributed by atoms with Crippen LogP contribution in [0.3, 0.4) is 0 Å². The molecule has 0 spiro atoms. The summed E-state index contributed by atoms with van der Waals surface area (Å²) in [5.41, 5.74) is 6.64. The van der Waals surface area contributed by atoms with Crippen molar-refractivity contribution in [3.8, 4) is 11.5 Å². The minimum Gasteiger partial charge on any atom is -0.497 e. The average molecular weight is 527 g/mol. The first kappa shape index (κ1) is 26.9. The van der Waals surface area contributed by atoms with Gasteiger partial charge in [0.15, 0.2) is 0 Å². The molecule has 3 aromatic rings. The van der Waals surface area contributed by atoms with Crippen molar-refractivity contribution < 1.29 is 14.3 Å². The normalized spacial score (nSPS) is 18.2. The second kappa shape index (κ2) is 12.0. The van der Waals surface area contributed by atoms with Crippen LogP contribution in [0.5, 0.6) is 11.5 Å². The summed E-state index contributed by atoms with van der Waals surface area (Å²) in [5.74, 6) is 1.46. The van der Waals surface area contributed by atoms with Gasteiger partial charge in [-0.2, -0.15) is 5.10 Å². The maximum atomic E-state index is 13.8. The van der Waals surface area contributed by atoms with Gasteiger partial charge < -0.3 is 9.47 Å². The number of piperazine rings is 1. The van der Waals surface area contributed by atoms with E-state index in [-0.39, 0.29) is 11.9 Å². The first-order valence-corrected chi connectivity index (χ1v) is 13.6. The van der Waals surface area contributed by atoms with Crippen molar-refractivity contribution >= 4 is 11.6 Å². The molecule has 0 bridgehead atoms. The Labute approximate surface area is 231 Å². The molecule has 7 nitrogen and oxygen atoms in total. The summed E-state index contributed by atoms with van der Waals surface area (Å²) < 4.78 is 11.2. The number of hydrogen-bond acceptors (Lipinski definition) is 6. The largest absolute Gasteiger partial charge is 0.497 e. The van der Waals surface area contributed by atoms with Gasteiger partial charge in [0, 0.05) is 44.7 Å². The summed E-state index contributed by atoms with van der Waals surface area (Å²) in [6.07, 6.45) is 0.614. The Bertz CT molecular complexity index is 1330. The van der Waals surface area contributed by atoms with E-state index >= 15 is 0 Å². The molecular formula is C32H38N4O3. The van der Waals surface area contributed by atoms with E-state index in [1.165, 1.54) is 16.7 Å². The van der Waals surface area contributed by atoms with Gasteiger partial charge in [-0.3, -0.25) is 14.6 Å². The SMILES string of the molecule is COc1ccc(OC)c([C@H]2CC(c3ccc(C)c(C)c3)=NN2C(=O)CN2CCN(Cc3ccccc3)CC2)c1. The molecule has 2 heterocycles. The van der Waals surface area contributed by atoms with Crippen LogP contribution in [0.1, 0.15) is 40.3 Å². The Morgan fingerprint density at radius 2 is 1.62 bits per heavy atom. The smallest absolute Gasteiger partial charge is 0.257 e. The van der Waals surface area contributed by atoms with E-state index in [2.05, 4.69) is 66.1 Å². The van der Waals surface area contributed by atoms with Crippen molar-refractivity contribution in [2.24, 2.45) is 5.10 Å². The van der Waals surface area contributed by atoms with Crippen LogP contribution in [-0.2, 0) is 11.3 Å². The second-order valence-electron chi connectivity index (χ2n) is 10.4. The maximum Gasteiger partial charge on any atom is 0.257 e. The predicted molar refractivity (Wildman–Crippen MR) is 154 cm³/mol. The quantitative estimate of drug-likeness (QED) is 0.422. The zero-order valence-electron chi connectivity index (χ0n) is 23.4. The lowest BCUT2D eigenvalue weighted by Gasteiger charge is -2.35. The van der Waals surface area contributed by atoms with Crippen molar-refractivity contribution in [2.75, 3.05) is 46.9 Å². The van der Waals surface area contributed by atoms with Crippen LogP contribution in [-0.4, -0.2) is 73.4 Å². The van der Waals surface area contributed by atoms with E-state index < -0.39 is 0 Å². The number of carbonyl (C=O) groups excluding carboxylic acids is 1. The number of carbonyl (C=O) groups is 1. The fraction of sp³-hybridized carbons (Fsp3) is 0.375. The molecule has 5 rings (SSSR count). The van der Waals surface area contributed by atoms with Gasteiger partial charge in [0.2, 0.25) is 0 Å². The zero-order chi connectivity index (χ0) is 27.4. The van der Waals surface area contributed by atoms with E-state index in [4.69, 9.17) is 14.6 Å². The van der Waals surface area contributed by atoms with Crippen molar-refractivity contribution in [2.45, 2.75) is 32.9 Å². The van der Waals surface area contributed by atoms with E-state index in [9.17, 15) is 4.79 Å². The molecule has 204 valence electrons. The highest BCUT2D eigenvalue weighted by Gasteiger charge is 2.36. The van der Waals surface area contributed by atoms with Gasteiger partial charge in [-0.05, 0) is 60.4 Å². The van der Waals surface area contributed by atoms with Crippen LogP contribution >= 0.6 is 0 Å². The molecule has 0 aromatic heterocycles. The predicted octanol–water partition coefficient (Wildman–Crippen LogP) is 4.82. The number of methoxy groups -OCH3 is 2. The first-order valence-electron chi connectivity index (χ1n) is 13.6. The monoisotopic (exact) mass is 526 g/mol. The second-order valence-corrected chi connectivity index (χ2v) is 10.4. The third kappa shape index (κ3) is 6.15. The molecule has 1 fully saturated rings. The van der Waals surface area contributed by atoms with Crippen LogP contribution in [0, 0.1) is 13.8 Å². The van der Waals surface area contributed by atoms with E-state index in [0.717, 1.165) is 61.1 Å². The van der Waals surface area contributed by atoms with Gasteiger partial charge >= 0.3 is 0 Å². The number of nitrogens with zero attached hydrogens (tertiary/aromatic N) is 4. The third-order valence-electron chi connectivity index (χ3n) is 7.87. The topological polar surface area (TPSA) is 57.6 Å². The molecule has 1 atom stereocenters. The number of aryl methyl sites for hydroxylation is 2. The summed E-state index contributed by atoms with van der Waals surface area (Å²) in [6, 6.07) is 22.4. The van der Waals surface area contributed by atoms with Crippen LogP contribution in [0.2, 0.25) is 0 Å². The Morgan fingerprint density at radius 3 is 2.31 bits per heavy atom. The Morgan fingerprint density at radius 1 is 0.872 bits per heavy atom. The Balaban J connectivity index is 1.34. The van der Waals surface area contributed by atoms with Gasteiger partial charge in [0.25, 0.3) is 5.91 Å². The van der Waals surface area contributed by atoms with Crippen LogP contribution in [0.25, 0.3) is 0 Å². The highest BCUT2D eigenvalue weighted by molar-refractivity contribution is 6.03. The number of benzene rings is 3. The van der Waals surface area contributed by atoms with Gasteiger partial charge in [-0.25, -0.2) is 5.01 Å². The van der Waals surface area contributed by atoms with Crippen LogP contribution < -0.4 is 9.47 Å². The Kier molecular flexibility index (Phi) is 8.29. The van der Waals surface area contributed by atoms with E-state index in [0.29, 0.717) is 13.0 Å². The fourth-order valence-corrected chi connectivity index (χ4v) is 5.39.